The number of carbonyl (C=O) groups is 1. The van der Waals surface area contributed by atoms with E-state index in [0.717, 1.165) is 36.3 Å². The summed E-state index contributed by atoms with van der Waals surface area (Å²) in [6, 6.07) is 5.90. The summed E-state index contributed by atoms with van der Waals surface area (Å²) in [6.45, 7) is 3.51. The Kier molecular flexibility index (Phi) is 5.43. The molecule has 2 aliphatic rings. The molecule has 5 nitrogen and oxygen atoms in total. The highest BCUT2D eigenvalue weighted by Gasteiger charge is 2.41. The fourth-order valence-corrected chi connectivity index (χ4v) is 5.30. The molecule has 2 heterocycles. The van der Waals surface area contributed by atoms with Crippen molar-refractivity contribution in [2.45, 2.75) is 38.8 Å². The van der Waals surface area contributed by atoms with E-state index in [2.05, 4.69) is 17.1 Å². The number of halogens is 2. The van der Waals surface area contributed by atoms with E-state index in [1.165, 1.54) is 0 Å². The lowest BCUT2D eigenvalue weighted by atomic mass is 9.88. The number of likely N-dealkylation sites (tertiary alicyclic amines) is 1. The number of aromatic nitrogens is 1. The predicted molar refractivity (Wildman–Crippen MR) is 110 cm³/mol. The standard InChI is InChI=1S/C21H25Cl2N3O2/c1-12-16(21(24-28-12)20-17(22)5-4-6-18(20)23)11-25(2)15-7-13-9-19(27)26(3)10-14(13)8-15/h4-6,13-15H,7-11H2,1-3H3/t13-,14+,15-/m1/s1. The number of piperidine rings is 1. The third-order valence-corrected chi connectivity index (χ3v) is 7.03. The van der Waals surface area contributed by atoms with Gasteiger partial charge in [-0.15, -0.1) is 0 Å². The van der Waals surface area contributed by atoms with Crippen molar-refractivity contribution in [1.82, 2.24) is 15.0 Å². The summed E-state index contributed by atoms with van der Waals surface area (Å²) in [5.41, 5.74) is 2.45. The van der Waals surface area contributed by atoms with Crippen LogP contribution in [0.5, 0.6) is 0 Å². The summed E-state index contributed by atoms with van der Waals surface area (Å²) >= 11 is 12.8. The maximum absolute atomic E-state index is 12.0. The van der Waals surface area contributed by atoms with E-state index in [0.29, 0.717) is 46.6 Å². The van der Waals surface area contributed by atoms with E-state index in [-0.39, 0.29) is 5.91 Å². The molecule has 3 atom stereocenters. The monoisotopic (exact) mass is 421 g/mol. The highest BCUT2D eigenvalue weighted by Crippen LogP contribution is 2.41. The second-order valence-corrected chi connectivity index (χ2v) is 9.02. The molecule has 28 heavy (non-hydrogen) atoms. The van der Waals surface area contributed by atoms with Crippen LogP contribution in [0.25, 0.3) is 11.3 Å². The van der Waals surface area contributed by atoms with Gasteiger partial charge in [-0.3, -0.25) is 9.69 Å². The molecule has 0 N–H and O–H groups in total. The van der Waals surface area contributed by atoms with Gasteiger partial charge in [0.25, 0.3) is 0 Å². The maximum Gasteiger partial charge on any atom is 0.222 e. The van der Waals surface area contributed by atoms with Crippen LogP contribution in [-0.4, -0.2) is 47.5 Å². The highest BCUT2D eigenvalue weighted by atomic mass is 35.5. The molecule has 2 fully saturated rings. The van der Waals surface area contributed by atoms with Gasteiger partial charge < -0.3 is 9.42 Å². The number of carbonyl (C=O) groups excluding carboxylic acids is 1. The lowest BCUT2D eigenvalue weighted by molar-refractivity contribution is -0.134. The molecular weight excluding hydrogens is 397 g/mol. The third-order valence-electron chi connectivity index (χ3n) is 6.40. The molecule has 0 spiro atoms. The molecule has 1 aliphatic carbocycles. The van der Waals surface area contributed by atoms with Crippen LogP contribution < -0.4 is 0 Å². The van der Waals surface area contributed by atoms with Gasteiger partial charge >= 0.3 is 0 Å². The van der Waals surface area contributed by atoms with Crippen molar-refractivity contribution in [3.8, 4) is 11.3 Å². The fraction of sp³-hybridized carbons (Fsp3) is 0.524. The second kappa shape index (κ2) is 7.69. The minimum atomic E-state index is 0.273. The Balaban J connectivity index is 1.54. The Morgan fingerprint density at radius 3 is 2.64 bits per heavy atom. The molecule has 1 aromatic heterocycles. The van der Waals surface area contributed by atoms with Crippen LogP contribution >= 0.6 is 23.2 Å². The van der Waals surface area contributed by atoms with Crippen LogP contribution in [0.2, 0.25) is 10.0 Å². The van der Waals surface area contributed by atoms with E-state index >= 15 is 0 Å². The summed E-state index contributed by atoms with van der Waals surface area (Å²) in [5.74, 6) is 2.15. The summed E-state index contributed by atoms with van der Waals surface area (Å²) in [5, 5.41) is 5.39. The number of fused-ring (bicyclic) bond motifs is 1. The largest absolute Gasteiger partial charge is 0.361 e. The van der Waals surface area contributed by atoms with E-state index in [1.807, 2.05) is 37.1 Å². The quantitative estimate of drug-likeness (QED) is 0.720. The minimum Gasteiger partial charge on any atom is -0.361 e. The van der Waals surface area contributed by atoms with Crippen LogP contribution in [-0.2, 0) is 11.3 Å². The average molecular weight is 422 g/mol. The van der Waals surface area contributed by atoms with Gasteiger partial charge in [0.1, 0.15) is 11.5 Å². The topological polar surface area (TPSA) is 49.6 Å². The van der Waals surface area contributed by atoms with E-state index in [1.54, 1.807) is 0 Å². The second-order valence-electron chi connectivity index (χ2n) is 8.20. The third kappa shape index (κ3) is 3.56. The first-order chi connectivity index (χ1) is 13.3. The molecule has 0 radical (unpaired) electrons. The zero-order valence-electron chi connectivity index (χ0n) is 16.4. The SMILES string of the molecule is Cc1onc(-c2c(Cl)cccc2Cl)c1CN(C)[C@@H]1C[C@@H]2CC(=O)N(C)C[C@@H]2C1. The van der Waals surface area contributed by atoms with Gasteiger partial charge in [0.2, 0.25) is 5.91 Å². The number of rotatable bonds is 4. The Hall–Kier alpha value is -1.56. The molecule has 1 saturated heterocycles. The normalized spacial score (nSPS) is 24.9. The zero-order valence-corrected chi connectivity index (χ0v) is 17.9. The Labute approximate surface area is 175 Å². The molecule has 1 aromatic carbocycles. The van der Waals surface area contributed by atoms with Gasteiger partial charge in [-0.05, 0) is 50.8 Å². The lowest BCUT2D eigenvalue weighted by Crippen LogP contribution is -2.39. The number of hydrogen-bond donors (Lipinski definition) is 0. The molecular formula is C21H25Cl2N3O2. The number of benzene rings is 1. The minimum absolute atomic E-state index is 0.273. The predicted octanol–water partition coefficient (Wildman–Crippen LogP) is 4.65. The van der Waals surface area contributed by atoms with E-state index in [4.69, 9.17) is 27.7 Å². The van der Waals surface area contributed by atoms with Gasteiger partial charge in [0.05, 0.1) is 10.0 Å². The van der Waals surface area contributed by atoms with Gasteiger partial charge in [-0.25, -0.2) is 0 Å². The first-order valence-corrected chi connectivity index (χ1v) is 10.4. The number of amides is 1. The molecule has 2 aromatic rings. The molecule has 7 heteroatoms. The van der Waals surface area contributed by atoms with Gasteiger partial charge in [0, 0.05) is 43.7 Å². The van der Waals surface area contributed by atoms with Gasteiger partial charge in [-0.2, -0.15) is 0 Å². The van der Waals surface area contributed by atoms with Gasteiger partial charge in [0.15, 0.2) is 0 Å². The van der Waals surface area contributed by atoms with Crippen LogP contribution in [0.3, 0.4) is 0 Å². The molecule has 1 saturated carbocycles. The van der Waals surface area contributed by atoms with Crippen LogP contribution in [0.1, 0.15) is 30.6 Å². The number of hydrogen-bond acceptors (Lipinski definition) is 4. The Bertz CT molecular complexity index is 878. The summed E-state index contributed by atoms with van der Waals surface area (Å²) in [7, 11) is 4.05. The molecule has 150 valence electrons. The molecule has 1 amide bonds. The van der Waals surface area contributed by atoms with Crippen LogP contribution in [0.15, 0.2) is 22.7 Å². The van der Waals surface area contributed by atoms with Crippen LogP contribution in [0, 0.1) is 18.8 Å². The zero-order chi connectivity index (χ0) is 20.0. The smallest absolute Gasteiger partial charge is 0.222 e. The summed E-state index contributed by atoms with van der Waals surface area (Å²) in [4.78, 5) is 16.3. The van der Waals surface area contributed by atoms with Crippen molar-refractivity contribution in [2.24, 2.45) is 11.8 Å². The summed E-state index contributed by atoms with van der Waals surface area (Å²) < 4.78 is 5.50. The van der Waals surface area contributed by atoms with Crippen molar-refractivity contribution in [3.63, 3.8) is 0 Å². The Morgan fingerprint density at radius 1 is 1.25 bits per heavy atom. The lowest BCUT2D eigenvalue weighted by Gasteiger charge is -2.31. The van der Waals surface area contributed by atoms with Crippen molar-refractivity contribution >= 4 is 29.1 Å². The van der Waals surface area contributed by atoms with Crippen molar-refractivity contribution < 1.29 is 9.32 Å². The first-order valence-electron chi connectivity index (χ1n) is 9.69. The van der Waals surface area contributed by atoms with E-state index < -0.39 is 0 Å². The van der Waals surface area contributed by atoms with Crippen LogP contribution in [0.4, 0.5) is 0 Å². The maximum atomic E-state index is 12.0. The first kappa shape index (κ1) is 19.7. The van der Waals surface area contributed by atoms with Crippen molar-refractivity contribution in [2.75, 3.05) is 20.6 Å². The summed E-state index contributed by atoms with van der Waals surface area (Å²) in [6.07, 6.45) is 2.86. The van der Waals surface area contributed by atoms with Crippen molar-refractivity contribution in [3.05, 3.63) is 39.6 Å². The number of aryl methyl sites for hydroxylation is 1. The molecule has 0 bridgehead atoms. The van der Waals surface area contributed by atoms with E-state index in [9.17, 15) is 4.79 Å². The Morgan fingerprint density at radius 2 is 1.93 bits per heavy atom. The molecule has 0 unspecified atom stereocenters. The molecule has 1 aliphatic heterocycles. The molecule has 4 rings (SSSR count). The van der Waals surface area contributed by atoms with Crippen molar-refractivity contribution in [1.29, 1.82) is 0 Å². The fourth-order valence-electron chi connectivity index (χ4n) is 4.72. The number of nitrogens with zero attached hydrogens (tertiary/aromatic N) is 3. The average Bonchev–Trinajstić information content (AvgIpc) is 3.20. The highest BCUT2D eigenvalue weighted by molar-refractivity contribution is 6.39. The van der Waals surface area contributed by atoms with Gasteiger partial charge in [-0.1, -0.05) is 34.4 Å².